The molecule has 0 bridgehead atoms. The fourth-order valence-corrected chi connectivity index (χ4v) is 0.752. The van der Waals surface area contributed by atoms with Crippen LogP contribution in [0.3, 0.4) is 0 Å². The third kappa shape index (κ3) is 6.22. The van der Waals surface area contributed by atoms with Gasteiger partial charge in [0, 0.05) is 0 Å². The van der Waals surface area contributed by atoms with Crippen molar-refractivity contribution in [2.45, 2.75) is 6.92 Å². The van der Waals surface area contributed by atoms with E-state index in [1.807, 2.05) is 0 Å². The van der Waals surface area contributed by atoms with E-state index in [4.69, 9.17) is 16.0 Å². The summed E-state index contributed by atoms with van der Waals surface area (Å²) in [6.45, 7) is 1.44. The highest BCUT2D eigenvalue weighted by Crippen LogP contribution is 2.04. The van der Waals surface area contributed by atoms with E-state index in [-0.39, 0.29) is 6.61 Å². The summed E-state index contributed by atoms with van der Waals surface area (Å²) in [7, 11) is -4.17. The van der Waals surface area contributed by atoms with Gasteiger partial charge in [-0.3, -0.25) is 9.65 Å². The van der Waals surface area contributed by atoms with Crippen molar-refractivity contribution in [3.63, 3.8) is 0 Å². The van der Waals surface area contributed by atoms with Crippen LogP contribution >= 0.6 is 0 Å². The average Bonchev–Trinajstić information content (AvgIpc) is 2.35. The summed E-state index contributed by atoms with van der Waals surface area (Å²) in [5.74, 6) is 0.431. The van der Waals surface area contributed by atoms with Crippen LogP contribution in [0.15, 0.2) is 6.20 Å². The lowest BCUT2D eigenvalue weighted by atomic mass is 10.6. The van der Waals surface area contributed by atoms with E-state index >= 15 is 0 Å². The summed E-state index contributed by atoms with van der Waals surface area (Å²) in [5.41, 5.74) is 10.9. The van der Waals surface area contributed by atoms with Crippen molar-refractivity contribution >= 4 is 21.9 Å². The molecule has 0 spiro atoms. The average molecular weight is 224 g/mol. The Hall–Kier alpha value is -1.32. The fourth-order valence-electron chi connectivity index (χ4n) is 0.454. The Labute approximate surface area is 81.2 Å². The number of hydrogen-bond acceptors (Lipinski definition) is 6. The molecule has 0 saturated heterocycles. The van der Waals surface area contributed by atoms with Crippen molar-refractivity contribution in [1.29, 1.82) is 0 Å². The van der Waals surface area contributed by atoms with E-state index in [1.54, 1.807) is 0 Å². The van der Waals surface area contributed by atoms with Crippen LogP contribution in [-0.4, -0.2) is 29.8 Å². The quantitative estimate of drug-likeness (QED) is 0.491. The zero-order chi connectivity index (χ0) is 11.2. The molecule has 1 aromatic heterocycles. The minimum absolute atomic E-state index is 0.0289. The standard InChI is InChI=1S/C3H6N4.C2H6O4S/c4-2-1-6-7-3(2)5;1-2-6-7(3,4)5/h1H,4H2,(H3,5,6,7);2H2,1H3,(H,3,4,5). The lowest BCUT2D eigenvalue weighted by Crippen LogP contribution is -2.01. The molecule has 9 heteroatoms. The predicted molar refractivity (Wildman–Crippen MR) is 50.6 cm³/mol. The number of aromatic amines is 1. The van der Waals surface area contributed by atoms with E-state index in [1.165, 1.54) is 13.1 Å². The van der Waals surface area contributed by atoms with Crippen LogP contribution in [0.5, 0.6) is 0 Å². The summed E-state index contributed by atoms with van der Waals surface area (Å²) < 4.78 is 30.7. The number of nitrogens with two attached hydrogens (primary N) is 2. The van der Waals surface area contributed by atoms with Gasteiger partial charge in [0.05, 0.1) is 18.5 Å². The Morgan fingerprint density at radius 2 is 2.21 bits per heavy atom. The van der Waals surface area contributed by atoms with Crippen molar-refractivity contribution in [1.82, 2.24) is 10.2 Å². The van der Waals surface area contributed by atoms with Gasteiger partial charge in [-0.1, -0.05) is 0 Å². The topological polar surface area (TPSA) is 144 Å². The maximum Gasteiger partial charge on any atom is 0.397 e. The Morgan fingerprint density at radius 1 is 1.64 bits per heavy atom. The maximum absolute atomic E-state index is 9.56. The molecule has 82 valence electrons. The number of nitrogen functional groups attached to an aromatic ring is 2. The number of aromatic nitrogens is 2. The van der Waals surface area contributed by atoms with E-state index in [9.17, 15) is 8.42 Å². The van der Waals surface area contributed by atoms with Gasteiger partial charge in [0.25, 0.3) is 0 Å². The van der Waals surface area contributed by atoms with Crippen molar-refractivity contribution in [2.75, 3.05) is 18.1 Å². The lowest BCUT2D eigenvalue weighted by molar-refractivity contribution is 0.283. The summed E-state index contributed by atoms with van der Waals surface area (Å²) in [4.78, 5) is 0. The van der Waals surface area contributed by atoms with Crippen molar-refractivity contribution in [2.24, 2.45) is 0 Å². The third-order valence-corrected chi connectivity index (χ3v) is 1.50. The molecule has 1 aromatic rings. The van der Waals surface area contributed by atoms with Gasteiger partial charge in [0.15, 0.2) is 0 Å². The first-order valence-corrected chi connectivity index (χ1v) is 4.89. The van der Waals surface area contributed by atoms with Crippen molar-refractivity contribution in [3.05, 3.63) is 6.20 Å². The lowest BCUT2D eigenvalue weighted by Gasteiger charge is -1.88. The van der Waals surface area contributed by atoms with Gasteiger partial charge in [-0.15, -0.1) is 0 Å². The molecule has 1 rings (SSSR count). The second-order valence-electron chi connectivity index (χ2n) is 2.07. The normalized spacial score (nSPS) is 10.4. The van der Waals surface area contributed by atoms with Crippen molar-refractivity contribution in [3.8, 4) is 0 Å². The SMILES string of the molecule is CCOS(=O)(=O)O.Nc1cn[nH]c1N. The largest absolute Gasteiger partial charge is 0.397 e. The molecule has 0 aliphatic carbocycles. The van der Waals surface area contributed by atoms with Crippen molar-refractivity contribution < 1.29 is 17.2 Å². The van der Waals surface area contributed by atoms with Gasteiger partial charge in [0.2, 0.25) is 0 Å². The molecule has 0 aliphatic heterocycles. The molecule has 0 saturated carbocycles. The predicted octanol–water partition coefficient (Wildman–Crippen LogP) is -0.600. The van der Waals surface area contributed by atoms with Crippen LogP contribution in [0.1, 0.15) is 6.92 Å². The number of H-pyrrole nitrogens is 1. The molecule has 0 fully saturated rings. The van der Waals surface area contributed by atoms with Gasteiger partial charge >= 0.3 is 10.4 Å². The molecule has 0 radical (unpaired) electrons. The molecule has 1 heterocycles. The molecular formula is C5H12N4O4S. The number of rotatable bonds is 2. The van der Waals surface area contributed by atoms with Crippen LogP contribution in [-0.2, 0) is 14.6 Å². The molecule has 8 nitrogen and oxygen atoms in total. The molecule has 0 unspecified atom stereocenters. The second-order valence-corrected chi connectivity index (χ2v) is 3.16. The highest BCUT2D eigenvalue weighted by atomic mass is 32.3. The second kappa shape index (κ2) is 5.42. The highest BCUT2D eigenvalue weighted by Gasteiger charge is 1.98. The molecule has 6 N–H and O–H groups in total. The van der Waals surface area contributed by atoms with E-state index in [0.717, 1.165) is 0 Å². The Balaban J connectivity index is 0.000000241. The third-order valence-electron chi connectivity index (χ3n) is 0.966. The fraction of sp³-hybridized carbons (Fsp3) is 0.400. The molecule has 0 amide bonds. The Kier molecular flexibility index (Phi) is 4.91. The molecular weight excluding hydrogens is 212 g/mol. The summed E-state index contributed by atoms with van der Waals surface area (Å²) in [6.07, 6.45) is 1.47. The van der Waals surface area contributed by atoms with Crippen LogP contribution in [0.2, 0.25) is 0 Å². The number of nitrogens with one attached hydrogen (secondary N) is 1. The molecule has 0 atom stereocenters. The van der Waals surface area contributed by atoms with Gasteiger partial charge in [-0.2, -0.15) is 13.5 Å². The van der Waals surface area contributed by atoms with E-state index in [0.29, 0.717) is 11.5 Å². The van der Waals surface area contributed by atoms with Crippen LogP contribution in [0.25, 0.3) is 0 Å². The zero-order valence-corrected chi connectivity index (χ0v) is 8.28. The van der Waals surface area contributed by atoms with E-state index < -0.39 is 10.4 Å². The van der Waals surface area contributed by atoms with Crippen LogP contribution in [0, 0.1) is 0 Å². The Morgan fingerprint density at radius 3 is 2.29 bits per heavy atom. The molecule has 0 aromatic carbocycles. The summed E-state index contributed by atoms with van der Waals surface area (Å²) in [6, 6.07) is 0. The first kappa shape index (κ1) is 12.7. The minimum Gasteiger partial charge on any atom is -0.394 e. The zero-order valence-electron chi connectivity index (χ0n) is 7.47. The first-order chi connectivity index (χ1) is 6.37. The number of anilines is 2. The number of hydrogen-bond donors (Lipinski definition) is 4. The highest BCUT2D eigenvalue weighted by molar-refractivity contribution is 7.80. The Bertz CT molecular complexity index is 343. The smallest absolute Gasteiger partial charge is 0.394 e. The van der Waals surface area contributed by atoms with Gasteiger partial charge in [0.1, 0.15) is 5.82 Å². The maximum atomic E-state index is 9.56. The van der Waals surface area contributed by atoms with E-state index in [2.05, 4.69) is 14.4 Å². The summed E-state index contributed by atoms with van der Waals surface area (Å²) >= 11 is 0. The van der Waals surface area contributed by atoms with Crippen LogP contribution in [0.4, 0.5) is 11.5 Å². The van der Waals surface area contributed by atoms with Gasteiger partial charge in [-0.05, 0) is 6.92 Å². The van der Waals surface area contributed by atoms with Gasteiger partial charge in [-0.25, -0.2) is 4.18 Å². The minimum atomic E-state index is -4.17. The van der Waals surface area contributed by atoms with Gasteiger partial charge < -0.3 is 11.5 Å². The molecule has 14 heavy (non-hydrogen) atoms. The van der Waals surface area contributed by atoms with Crippen LogP contribution < -0.4 is 11.5 Å². The number of nitrogens with zero attached hydrogens (tertiary/aromatic N) is 1. The monoisotopic (exact) mass is 224 g/mol. The first-order valence-electron chi connectivity index (χ1n) is 3.53. The summed E-state index contributed by atoms with van der Waals surface area (Å²) in [5, 5.41) is 6.02. The molecule has 0 aliphatic rings.